The summed E-state index contributed by atoms with van der Waals surface area (Å²) in [5.74, 6) is -1.20. The molecule has 0 aromatic carbocycles. The lowest BCUT2D eigenvalue weighted by molar-refractivity contribution is -0.305. The fourth-order valence-corrected chi connectivity index (χ4v) is 9.59. The molecule has 11 heteroatoms. The maximum atomic E-state index is 13.4. The second kappa shape index (κ2) is 53.0. The molecule has 1 saturated heterocycles. The monoisotopic (exact) mass is 1070 g/mol. The first-order valence-corrected chi connectivity index (χ1v) is 31.6. The zero-order valence-electron chi connectivity index (χ0n) is 48.9. The summed E-state index contributed by atoms with van der Waals surface area (Å²) in [5, 5.41) is 57.0. The third-order valence-electron chi connectivity index (χ3n) is 14.6. The first kappa shape index (κ1) is 71.4. The van der Waals surface area contributed by atoms with Crippen molar-refractivity contribution in [3.63, 3.8) is 0 Å². The molecule has 8 unspecified atom stereocenters. The predicted molar refractivity (Wildman–Crippen MR) is 315 cm³/mol. The Balaban J connectivity index is 2.66. The van der Waals surface area contributed by atoms with Gasteiger partial charge in [-0.05, 0) is 89.9 Å². The lowest BCUT2D eigenvalue weighted by atomic mass is 9.99. The average Bonchev–Trinajstić information content (AvgIpc) is 3.42. The molecule has 76 heavy (non-hydrogen) atoms. The van der Waals surface area contributed by atoms with Gasteiger partial charge in [0.25, 0.3) is 0 Å². The average molecular weight is 1070 g/mol. The second-order valence-corrected chi connectivity index (χ2v) is 21.8. The Morgan fingerprint density at radius 2 is 0.908 bits per heavy atom. The highest BCUT2D eigenvalue weighted by molar-refractivity contribution is 5.80. The van der Waals surface area contributed by atoms with Gasteiger partial charge in [0.2, 0.25) is 5.91 Å². The van der Waals surface area contributed by atoms with Crippen LogP contribution in [0.4, 0.5) is 0 Å². The third-order valence-corrected chi connectivity index (χ3v) is 14.6. The van der Waals surface area contributed by atoms with Gasteiger partial charge in [-0.3, -0.25) is 9.59 Å². The molecular formula is C65H117NO10. The first-order chi connectivity index (χ1) is 37.2. The van der Waals surface area contributed by atoms with Gasteiger partial charge in [0.05, 0.1) is 25.4 Å². The summed E-state index contributed by atoms with van der Waals surface area (Å²) in [6.45, 7) is 5.75. The number of esters is 1. The number of allylic oxidation sites excluding steroid dienone is 9. The minimum atomic E-state index is -1.62. The van der Waals surface area contributed by atoms with Crippen LogP contribution in [0.15, 0.2) is 60.8 Å². The Morgan fingerprint density at radius 1 is 0.513 bits per heavy atom. The molecule has 0 bridgehead atoms. The van der Waals surface area contributed by atoms with Crippen LogP contribution in [0, 0.1) is 0 Å². The molecule has 1 fully saturated rings. The molecule has 6 N–H and O–H groups in total. The molecule has 1 heterocycles. The molecule has 0 aliphatic carbocycles. The summed E-state index contributed by atoms with van der Waals surface area (Å²) in [7, 11) is 0. The van der Waals surface area contributed by atoms with E-state index in [9.17, 15) is 35.1 Å². The van der Waals surface area contributed by atoms with Gasteiger partial charge in [0, 0.05) is 6.42 Å². The second-order valence-electron chi connectivity index (χ2n) is 21.8. The summed E-state index contributed by atoms with van der Waals surface area (Å²) in [5.41, 5.74) is 0. The van der Waals surface area contributed by atoms with E-state index in [1.807, 2.05) is 6.08 Å². The van der Waals surface area contributed by atoms with E-state index in [2.05, 4.69) is 74.7 Å². The summed E-state index contributed by atoms with van der Waals surface area (Å²) in [6, 6.07) is -1.03. The van der Waals surface area contributed by atoms with Crippen molar-refractivity contribution >= 4 is 11.9 Å². The van der Waals surface area contributed by atoms with E-state index in [1.54, 1.807) is 6.08 Å². The summed E-state index contributed by atoms with van der Waals surface area (Å²) in [6.07, 6.45) is 55.4. The molecule has 0 saturated carbocycles. The number of ether oxygens (including phenoxy) is 3. The number of unbranched alkanes of at least 4 members (excludes halogenated alkanes) is 31. The molecule has 1 amide bonds. The fourth-order valence-electron chi connectivity index (χ4n) is 9.59. The molecule has 1 aliphatic rings. The minimum absolute atomic E-state index is 0.114. The number of carbonyl (C=O) groups excluding carboxylic acids is 2. The van der Waals surface area contributed by atoms with Crippen LogP contribution >= 0.6 is 0 Å². The number of nitrogens with one attached hydrogen (secondary N) is 1. The van der Waals surface area contributed by atoms with Crippen molar-refractivity contribution in [2.45, 2.75) is 327 Å². The van der Waals surface area contributed by atoms with Crippen molar-refractivity contribution in [3.8, 4) is 0 Å². The van der Waals surface area contributed by atoms with Gasteiger partial charge in [-0.1, -0.05) is 242 Å². The number of rotatable bonds is 53. The van der Waals surface area contributed by atoms with Gasteiger partial charge in [0.1, 0.15) is 24.4 Å². The van der Waals surface area contributed by atoms with Crippen LogP contribution in [0.2, 0.25) is 0 Å². The maximum Gasteiger partial charge on any atom is 0.306 e. The zero-order chi connectivity index (χ0) is 55.4. The molecule has 442 valence electrons. The van der Waals surface area contributed by atoms with Gasteiger partial charge in [0.15, 0.2) is 12.4 Å². The number of amides is 1. The molecule has 1 aliphatic heterocycles. The smallest absolute Gasteiger partial charge is 0.306 e. The molecular weight excluding hydrogens is 955 g/mol. The van der Waals surface area contributed by atoms with Crippen molar-refractivity contribution in [2.75, 3.05) is 13.2 Å². The van der Waals surface area contributed by atoms with Crippen molar-refractivity contribution in [1.82, 2.24) is 5.32 Å². The Labute approximate surface area is 465 Å². The number of hydrogen-bond acceptors (Lipinski definition) is 10. The SMILES string of the molecule is CCCCC/C=C\C/C=C\C/C=C\CCCCCCCCCCC(=O)OC1C(OCC(NC(=O)C(O)CCCCCCCC/C=C\CCCCCC)C(O)/C=C/CCCCCCCCCCCC)OC(CO)C(O)C1O. The number of carbonyl (C=O) groups is 2. The van der Waals surface area contributed by atoms with E-state index in [1.165, 1.54) is 135 Å². The van der Waals surface area contributed by atoms with Gasteiger partial charge < -0.3 is 45.1 Å². The van der Waals surface area contributed by atoms with Crippen LogP contribution in [0.25, 0.3) is 0 Å². The van der Waals surface area contributed by atoms with E-state index >= 15 is 0 Å². The van der Waals surface area contributed by atoms with Gasteiger partial charge in [-0.2, -0.15) is 0 Å². The number of aliphatic hydroxyl groups excluding tert-OH is 5. The maximum absolute atomic E-state index is 13.4. The van der Waals surface area contributed by atoms with Crippen molar-refractivity contribution in [1.29, 1.82) is 0 Å². The normalized spacial score (nSPS) is 19.5. The van der Waals surface area contributed by atoms with Crippen molar-refractivity contribution in [2.24, 2.45) is 0 Å². The minimum Gasteiger partial charge on any atom is -0.454 e. The lowest BCUT2D eigenvalue weighted by Crippen LogP contribution is -2.61. The molecule has 8 atom stereocenters. The summed E-state index contributed by atoms with van der Waals surface area (Å²) >= 11 is 0. The largest absolute Gasteiger partial charge is 0.454 e. The van der Waals surface area contributed by atoms with Crippen LogP contribution < -0.4 is 5.32 Å². The highest BCUT2D eigenvalue weighted by Crippen LogP contribution is 2.26. The van der Waals surface area contributed by atoms with E-state index < -0.39 is 67.4 Å². The summed E-state index contributed by atoms with van der Waals surface area (Å²) in [4.78, 5) is 26.5. The van der Waals surface area contributed by atoms with Crippen LogP contribution in [-0.4, -0.2) is 99.6 Å². The van der Waals surface area contributed by atoms with Crippen molar-refractivity contribution < 1.29 is 49.3 Å². The van der Waals surface area contributed by atoms with Gasteiger partial charge in [-0.15, -0.1) is 0 Å². The molecule has 0 aromatic rings. The number of hydrogen-bond donors (Lipinski definition) is 6. The van der Waals surface area contributed by atoms with Crippen LogP contribution in [0.3, 0.4) is 0 Å². The van der Waals surface area contributed by atoms with Crippen LogP contribution in [0.1, 0.15) is 278 Å². The predicted octanol–water partition coefficient (Wildman–Crippen LogP) is 15.0. The van der Waals surface area contributed by atoms with E-state index in [4.69, 9.17) is 14.2 Å². The Kier molecular flexibility index (Phi) is 49.8. The lowest BCUT2D eigenvalue weighted by Gasteiger charge is -2.41. The van der Waals surface area contributed by atoms with Gasteiger partial charge >= 0.3 is 5.97 Å². The number of aliphatic hydroxyl groups is 5. The topological polar surface area (TPSA) is 175 Å². The third kappa shape index (κ3) is 40.5. The highest BCUT2D eigenvalue weighted by Gasteiger charge is 2.47. The Hall–Kier alpha value is -2.64. The fraction of sp³-hybridized carbons (Fsp3) is 0.815. The zero-order valence-corrected chi connectivity index (χ0v) is 48.9. The molecule has 11 nitrogen and oxygen atoms in total. The van der Waals surface area contributed by atoms with Crippen LogP contribution in [0.5, 0.6) is 0 Å². The molecule has 1 rings (SSSR count). The van der Waals surface area contributed by atoms with E-state index in [0.717, 1.165) is 96.3 Å². The standard InChI is InChI=1S/C65H117NO10/c1-4-7-10-13-16-19-22-25-27-28-29-30-31-32-33-35-38-41-44-47-50-53-60(70)76-63-62(72)61(71)59(54-67)75-65(63)74-55-56(57(68)51-48-45-42-39-36-24-21-18-15-12-9-6-3)66-64(73)58(69)52-49-46-43-40-37-34-26-23-20-17-14-11-8-5-2/h16,19-20,23,25,27,29-30,48,51,56-59,61-63,65,67-69,71-72H,4-15,17-18,21-22,24,26,28,31-47,49-50,52-55H2,1-3H3,(H,66,73)/b19-16-,23-20-,27-25-,30-29-,51-48+. The molecule has 0 radical (unpaired) electrons. The van der Waals surface area contributed by atoms with Crippen LogP contribution in [-0.2, 0) is 23.8 Å². The molecule has 0 spiro atoms. The van der Waals surface area contributed by atoms with Gasteiger partial charge in [-0.25, -0.2) is 0 Å². The first-order valence-electron chi connectivity index (χ1n) is 31.6. The molecule has 0 aromatic heterocycles. The van der Waals surface area contributed by atoms with Crippen molar-refractivity contribution in [3.05, 3.63) is 60.8 Å². The van der Waals surface area contributed by atoms with E-state index in [-0.39, 0.29) is 19.4 Å². The highest BCUT2D eigenvalue weighted by atomic mass is 16.7. The Bertz CT molecular complexity index is 1460. The quantitative estimate of drug-likeness (QED) is 0.0195. The van der Waals surface area contributed by atoms with E-state index in [0.29, 0.717) is 12.8 Å². The Morgan fingerprint density at radius 3 is 1.41 bits per heavy atom. The summed E-state index contributed by atoms with van der Waals surface area (Å²) < 4.78 is 17.6.